The molecule has 0 aliphatic rings. The Morgan fingerprint density at radius 3 is 2.33 bits per heavy atom. The Hall–Kier alpha value is -0.940. The van der Waals surface area contributed by atoms with E-state index in [-0.39, 0.29) is 5.88 Å². The molecule has 0 heterocycles. The van der Waals surface area contributed by atoms with Crippen molar-refractivity contribution in [1.29, 1.82) is 0 Å². The smallest absolute Gasteiger partial charge is 0.196 e. The lowest BCUT2D eigenvalue weighted by Gasteiger charge is -2.09. The summed E-state index contributed by atoms with van der Waals surface area (Å²) in [6.45, 7) is 4.12. The van der Waals surface area contributed by atoms with Gasteiger partial charge in [-0.25, -0.2) is 8.42 Å². The van der Waals surface area contributed by atoms with Crippen LogP contribution in [-0.2, 0) is 9.84 Å². The van der Waals surface area contributed by atoms with Crippen LogP contribution < -0.4 is 5.32 Å². The van der Waals surface area contributed by atoms with E-state index in [0.717, 1.165) is 24.8 Å². The second-order valence-corrected chi connectivity index (χ2v) is 7.82. The van der Waals surface area contributed by atoms with Gasteiger partial charge >= 0.3 is 0 Å². The van der Waals surface area contributed by atoms with E-state index in [1.165, 1.54) is 19.3 Å². The van der Waals surface area contributed by atoms with Crippen molar-refractivity contribution in [1.82, 2.24) is 5.32 Å². The van der Waals surface area contributed by atoms with Crippen LogP contribution in [0.4, 0.5) is 0 Å². The van der Waals surface area contributed by atoms with Crippen LogP contribution in [0.15, 0.2) is 29.2 Å². The molecule has 0 amide bonds. The molecule has 0 radical (unpaired) electrons. The molecule has 1 N–H and O–H groups in total. The number of hydrogen-bond donors (Lipinski definition) is 1. The third-order valence-corrected chi connectivity index (χ3v) is 5.21. The van der Waals surface area contributed by atoms with Crippen molar-refractivity contribution in [3.63, 3.8) is 0 Å². The summed E-state index contributed by atoms with van der Waals surface area (Å²) in [7, 11) is -3.31. The van der Waals surface area contributed by atoms with Gasteiger partial charge in [-0.3, -0.25) is 0 Å². The van der Waals surface area contributed by atoms with Gasteiger partial charge in [0.05, 0.1) is 9.88 Å². The van der Waals surface area contributed by atoms with Crippen molar-refractivity contribution in [2.45, 2.75) is 57.3 Å². The molecule has 0 spiro atoms. The zero-order valence-electron chi connectivity index (χ0n) is 12.9. The minimum absolute atomic E-state index is 0.121. The van der Waals surface area contributed by atoms with Crippen LogP contribution >= 0.6 is 12.2 Å². The number of rotatable bonds is 9. The molecule has 0 aliphatic heterocycles. The molecule has 5 heteroatoms. The first kappa shape index (κ1) is 18.1. The summed E-state index contributed by atoms with van der Waals surface area (Å²) >= 11 is 5.20. The monoisotopic (exact) mass is 327 g/mol. The van der Waals surface area contributed by atoms with E-state index < -0.39 is 9.84 Å². The average Bonchev–Trinajstić information content (AvgIpc) is 2.45. The summed E-state index contributed by atoms with van der Waals surface area (Å²) in [4.78, 5) is 0.980. The third kappa shape index (κ3) is 7.05. The second kappa shape index (κ2) is 9.15. The summed E-state index contributed by atoms with van der Waals surface area (Å²) in [5.41, 5.74) is 1.05. The fourth-order valence-electron chi connectivity index (χ4n) is 1.98. The normalized spacial score (nSPS) is 11.3. The molecule has 1 rings (SSSR count). The molecule has 21 heavy (non-hydrogen) atoms. The van der Waals surface area contributed by atoms with Gasteiger partial charge < -0.3 is 5.32 Å². The maximum atomic E-state index is 12.1. The van der Waals surface area contributed by atoms with Gasteiger partial charge in [-0.05, 0) is 31.9 Å². The number of hydrogen-bond acceptors (Lipinski definition) is 3. The predicted octanol–water partition coefficient (Wildman–Crippen LogP) is 4.00. The molecule has 0 bridgehead atoms. The van der Waals surface area contributed by atoms with Crippen LogP contribution in [0.1, 0.15) is 51.0 Å². The first-order valence-electron chi connectivity index (χ1n) is 7.52. The van der Waals surface area contributed by atoms with E-state index >= 15 is 0 Å². The summed E-state index contributed by atoms with van der Waals surface area (Å²) in [5, 5.41) is 2.87. The molecule has 0 fully saturated rings. The Labute approximate surface area is 134 Å². The molecule has 0 saturated carbocycles. The molecular formula is C16H25NO2S2. The largest absolute Gasteiger partial charge is 0.366 e. The molecule has 0 aliphatic carbocycles. The molecule has 0 saturated heterocycles. The fourth-order valence-corrected chi connectivity index (χ4v) is 3.37. The van der Waals surface area contributed by atoms with Crippen molar-refractivity contribution in [3.8, 4) is 0 Å². The van der Waals surface area contributed by atoms with E-state index in [4.69, 9.17) is 12.2 Å². The highest BCUT2D eigenvalue weighted by Gasteiger charge is 2.14. The molecule has 1 aromatic carbocycles. The van der Waals surface area contributed by atoms with Crippen molar-refractivity contribution in [3.05, 3.63) is 29.8 Å². The first-order chi connectivity index (χ1) is 9.95. The van der Waals surface area contributed by atoms with E-state index in [1.807, 2.05) is 6.92 Å². The number of nitrogens with one attached hydrogen (secondary N) is 1. The van der Waals surface area contributed by atoms with Gasteiger partial charge in [0.15, 0.2) is 9.84 Å². The molecule has 0 unspecified atom stereocenters. The predicted molar refractivity (Wildman–Crippen MR) is 92.3 cm³/mol. The fraction of sp³-hybridized carbons (Fsp3) is 0.562. The van der Waals surface area contributed by atoms with Crippen LogP contribution in [0.2, 0.25) is 0 Å². The Balaban J connectivity index is 2.36. The third-order valence-electron chi connectivity index (χ3n) is 3.35. The van der Waals surface area contributed by atoms with E-state index in [2.05, 4.69) is 12.2 Å². The molecule has 3 nitrogen and oxygen atoms in total. The van der Waals surface area contributed by atoms with Crippen LogP contribution in [0.5, 0.6) is 0 Å². The zero-order chi connectivity index (χ0) is 15.7. The number of thiocarbonyl (C=S) groups is 1. The highest BCUT2D eigenvalue weighted by Crippen LogP contribution is 2.11. The number of aryl methyl sites for hydroxylation is 1. The minimum atomic E-state index is -3.31. The average molecular weight is 328 g/mol. The van der Waals surface area contributed by atoms with Crippen LogP contribution in [-0.4, -0.2) is 19.3 Å². The van der Waals surface area contributed by atoms with E-state index in [9.17, 15) is 8.42 Å². The van der Waals surface area contributed by atoms with Gasteiger partial charge in [-0.15, -0.1) is 0 Å². The van der Waals surface area contributed by atoms with Crippen LogP contribution in [0, 0.1) is 6.92 Å². The number of unbranched alkanes of at least 4 members (excludes halogenated alkanes) is 4. The summed E-state index contributed by atoms with van der Waals surface area (Å²) < 4.78 is 24.3. The molecule has 0 atom stereocenters. The van der Waals surface area contributed by atoms with Gasteiger partial charge in [0, 0.05) is 0 Å². The molecular weight excluding hydrogens is 302 g/mol. The SMILES string of the molecule is CCCCCCCC(=S)NCS(=O)(=O)c1ccc(C)cc1. The Morgan fingerprint density at radius 2 is 1.71 bits per heavy atom. The quantitative estimate of drug-likeness (QED) is 0.550. The van der Waals surface area contributed by atoms with Crippen molar-refractivity contribution in [2.75, 3.05) is 5.88 Å². The van der Waals surface area contributed by atoms with Gasteiger partial charge in [0.1, 0.15) is 5.88 Å². The lowest BCUT2D eigenvalue weighted by molar-refractivity contribution is 0.593. The van der Waals surface area contributed by atoms with E-state index in [1.54, 1.807) is 24.3 Å². The maximum Gasteiger partial charge on any atom is 0.196 e. The van der Waals surface area contributed by atoms with Gasteiger partial charge in [-0.1, -0.05) is 62.5 Å². The molecule has 0 aromatic heterocycles. The summed E-state index contributed by atoms with van der Waals surface area (Å²) in [6.07, 6.45) is 6.64. The Kier molecular flexibility index (Phi) is 7.89. The maximum absolute atomic E-state index is 12.1. The Morgan fingerprint density at radius 1 is 1.10 bits per heavy atom. The number of sulfone groups is 1. The number of benzene rings is 1. The second-order valence-electron chi connectivity index (χ2n) is 5.34. The highest BCUT2D eigenvalue weighted by atomic mass is 32.2. The first-order valence-corrected chi connectivity index (χ1v) is 9.58. The zero-order valence-corrected chi connectivity index (χ0v) is 14.5. The molecule has 118 valence electrons. The summed E-state index contributed by atoms with van der Waals surface area (Å²) in [6, 6.07) is 6.89. The molecule has 1 aromatic rings. The van der Waals surface area contributed by atoms with Crippen molar-refractivity contribution < 1.29 is 8.42 Å². The topological polar surface area (TPSA) is 46.2 Å². The highest BCUT2D eigenvalue weighted by molar-refractivity contribution is 7.91. The van der Waals surface area contributed by atoms with Gasteiger partial charge in [0.25, 0.3) is 0 Å². The minimum Gasteiger partial charge on any atom is -0.366 e. The lowest BCUT2D eigenvalue weighted by Crippen LogP contribution is -2.28. The van der Waals surface area contributed by atoms with Gasteiger partial charge in [0.2, 0.25) is 0 Å². The Bertz CT molecular complexity index is 536. The van der Waals surface area contributed by atoms with E-state index in [0.29, 0.717) is 9.88 Å². The van der Waals surface area contributed by atoms with Crippen LogP contribution in [0.25, 0.3) is 0 Å². The summed E-state index contributed by atoms with van der Waals surface area (Å²) in [5.74, 6) is -0.121. The van der Waals surface area contributed by atoms with Crippen LogP contribution in [0.3, 0.4) is 0 Å². The lowest BCUT2D eigenvalue weighted by atomic mass is 10.1. The standard InChI is InChI=1S/C16H25NO2S2/c1-3-4-5-6-7-8-16(20)17-13-21(18,19)15-11-9-14(2)10-12-15/h9-12H,3-8,13H2,1-2H3,(H,17,20). The van der Waals surface area contributed by atoms with Gasteiger partial charge in [-0.2, -0.15) is 0 Å². The van der Waals surface area contributed by atoms with Crippen molar-refractivity contribution in [2.24, 2.45) is 0 Å². The van der Waals surface area contributed by atoms with Crippen molar-refractivity contribution >= 4 is 27.0 Å².